The molecule has 25 heavy (non-hydrogen) atoms. The Hall–Kier alpha value is -2.21. The summed E-state index contributed by atoms with van der Waals surface area (Å²) in [6, 6.07) is 12.5. The second-order valence-electron chi connectivity index (χ2n) is 6.54. The fourth-order valence-electron chi connectivity index (χ4n) is 3.51. The van der Waals surface area contributed by atoms with Crippen LogP contribution in [0, 0.1) is 6.92 Å². The van der Waals surface area contributed by atoms with Gasteiger partial charge < -0.3 is 15.4 Å². The van der Waals surface area contributed by atoms with Crippen molar-refractivity contribution in [2.24, 2.45) is 0 Å². The Bertz CT molecular complexity index is 729. The van der Waals surface area contributed by atoms with Gasteiger partial charge in [-0.3, -0.25) is 0 Å². The van der Waals surface area contributed by atoms with E-state index in [-0.39, 0.29) is 5.41 Å². The van der Waals surface area contributed by atoms with Crippen LogP contribution in [-0.4, -0.2) is 28.7 Å². The lowest BCUT2D eigenvalue weighted by Gasteiger charge is -2.30. The van der Waals surface area contributed by atoms with Gasteiger partial charge in [-0.1, -0.05) is 43.2 Å². The average molecular weight is 356 g/mol. The summed E-state index contributed by atoms with van der Waals surface area (Å²) in [4.78, 5) is 8.62. The van der Waals surface area contributed by atoms with Gasteiger partial charge in [0.05, 0.1) is 7.11 Å². The van der Waals surface area contributed by atoms with E-state index in [2.05, 4.69) is 50.9 Å². The molecule has 1 saturated carbocycles. The molecule has 0 aliphatic heterocycles. The molecule has 0 saturated heterocycles. The predicted octanol–water partition coefficient (Wildman–Crippen LogP) is 3.59. The van der Waals surface area contributed by atoms with E-state index in [1.807, 2.05) is 6.92 Å². The zero-order valence-corrected chi connectivity index (χ0v) is 15.5. The summed E-state index contributed by atoms with van der Waals surface area (Å²) in [6.07, 6.45) is 4.88. The van der Waals surface area contributed by atoms with Gasteiger partial charge >= 0.3 is 0 Å². The van der Waals surface area contributed by atoms with E-state index < -0.39 is 0 Å². The molecule has 1 fully saturated rings. The molecule has 1 aromatic carbocycles. The molecule has 1 heterocycles. The van der Waals surface area contributed by atoms with E-state index in [9.17, 15) is 0 Å². The standard InChI is InChI=1S/C19H24N4OS/c1-14-12-16(24-2)22-17(21-14)23-18(25)20-13-19(10-6-7-11-19)15-8-4-3-5-9-15/h3-5,8-9,12H,6-7,10-11,13H2,1-2H3,(H2,20,21,22,23,25). The first-order valence-electron chi connectivity index (χ1n) is 8.61. The van der Waals surface area contributed by atoms with Crippen molar-refractivity contribution in [3.63, 3.8) is 0 Å². The Morgan fingerprint density at radius 3 is 2.60 bits per heavy atom. The molecule has 0 bridgehead atoms. The number of aryl methyl sites for hydroxylation is 1. The van der Waals surface area contributed by atoms with Gasteiger partial charge in [-0.05, 0) is 37.5 Å². The van der Waals surface area contributed by atoms with Crippen molar-refractivity contribution in [3.8, 4) is 5.88 Å². The molecule has 1 aliphatic carbocycles. The molecule has 2 N–H and O–H groups in total. The lowest BCUT2D eigenvalue weighted by atomic mass is 9.79. The molecule has 0 unspecified atom stereocenters. The molecule has 0 radical (unpaired) electrons. The van der Waals surface area contributed by atoms with Crippen LogP contribution < -0.4 is 15.4 Å². The highest BCUT2D eigenvalue weighted by Crippen LogP contribution is 2.40. The zero-order valence-electron chi connectivity index (χ0n) is 14.7. The van der Waals surface area contributed by atoms with Crippen molar-refractivity contribution in [1.82, 2.24) is 15.3 Å². The second-order valence-corrected chi connectivity index (χ2v) is 6.94. The van der Waals surface area contributed by atoms with Crippen LogP contribution in [0.25, 0.3) is 0 Å². The van der Waals surface area contributed by atoms with Gasteiger partial charge in [0.2, 0.25) is 11.8 Å². The Morgan fingerprint density at radius 2 is 1.92 bits per heavy atom. The van der Waals surface area contributed by atoms with Gasteiger partial charge in [0.1, 0.15) is 0 Å². The van der Waals surface area contributed by atoms with Crippen molar-refractivity contribution in [1.29, 1.82) is 0 Å². The van der Waals surface area contributed by atoms with Crippen LogP contribution in [0.3, 0.4) is 0 Å². The maximum atomic E-state index is 5.45. The van der Waals surface area contributed by atoms with Crippen molar-refractivity contribution in [2.75, 3.05) is 19.0 Å². The highest BCUT2D eigenvalue weighted by atomic mass is 32.1. The molecule has 6 heteroatoms. The molecular formula is C19H24N4OS. The molecule has 1 aromatic heterocycles. The number of thiocarbonyl (C=S) groups is 1. The van der Waals surface area contributed by atoms with Crippen LogP contribution in [0.2, 0.25) is 0 Å². The minimum atomic E-state index is 0.151. The highest BCUT2D eigenvalue weighted by molar-refractivity contribution is 7.80. The SMILES string of the molecule is COc1cc(C)nc(NC(=S)NCC2(c3ccccc3)CCCC2)n1. The van der Waals surface area contributed by atoms with Crippen LogP contribution in [-0.2, 0) is 5.41 Å². The summed E-state index contributed by atoms with van der Waals surface area (Å²) in [5, 5.41) is 6.97. The summed E-state index contributed by atoms with van der Waals surface area (Å²) < 4.78 is 5.18. The van der Waals surface area contributed by atoms with Crippen molar-refractivity contribution in [2.45, 2.75) is 38.0 Å². The van der Waals surface area contributed by atoms with Crippen molar-refractivity contribution < 1.29 is 4.74 Å². The maximum absolute atomic E-state index is 5.45. The number of hydrogen-bond acceptors (Lipinski definition) is 4. The van der Waals surface area contributed by atoms with Crippen molar-refractivity contribution >= 4 is 23.3 Å². The fraction of sp³-hybridized carbons (Fsp3) is 0.421. The maximum Gasteiger partial charge on any atom is 0.232 e. The van der Waals surface area contributed by atoms with Gasteiger partial charge in [0.25, 0.3) is 0 Å². The Labute approximate surface area is 154 Å². The number of rotatable bonds is 5. The van der Waals surface area contributed by atoms with E-state index in [1.54, 1.807) is 13.2 Å². The van der Waals surface area contributed by atoms with Crippen LogP contribution >= 0.6 is 12.2 Å². The van der Waals surface area contributed by atoms with E-state index in [4.69, 9.17) is 17.0 Å². The molecule has 132 valence electrons. The monoisotopic (exact) mass is 356 g/mol. The average Bonchev–Trinajstić information content (AvgIpc) is 3.10. The van der Waals surface area contributed by atoms with Gasteiger partial charge in [-0.2, -0.15) is 4.98 Å². The first-order valence-corrected chi connectivity index (χ1v) is 9.02. The van der Waals surface area contributed by atoms with E-state index in [0.717, 1.165) is 12.2 Å². The zero-order chi connectivity index (χ0) is 17.7. The summed E-state index contributed by atoms with van der Waals surface area (Å²) >= 11 is 5.45. The first-order chi connectivity index (χ1) is 12.1. The number of ether oxygens (including phenoxy) is 1. The first kappa shape index (κ1) is 17.6. The quantitative estimate of drug-likeness (QED) is 0.799. The lowest BCUT2D eigenvalue weighted by molar-refractivity contribution is 0.397. The number of nitrogens with zero attached hydrogens (tertiary/aromatic N) is 2. The van der Waals surface area contributed by atoms with Crippen LogP contribution in [0.1, 0.15) is 36.9 Å². The molecule has 1 aliphatic rings. The Morgan fingerprint density at radius 1 is 1.20 bits per heavy atom. The van der Waals surface area contributed by atoms with Crippen LogP contribution in [0.15, 0.2) is 36.4 Å². The smallest absolute Gasteiger partial charge is 0.232 e. The summed E-state index contributed by atoms with van der Waals surface area (Å²) in [5.41, 5.74) is 2.36. The second kappa shape index (κ2) is 7.78. The fourth-order valence-corrected chi connectivity index (χ4v) is 3.67. The third-order valence-electron chi connectivity index (χ3n) is 4.80. The number of aromatic nitrogens is 2. The number of anilines is 1. The minimum Gasteiger partial charge on any atom is -0.481 e. The van der Waals surface area contributed by atoms with Gasteiger partial charge in [0.15, 0.2) is 5.11 Å². The Kier molecular flexibility index (Phi) is 5.48. The molecule has 5 nitrogen and oxygen atoms in total. The molecule has 0 spiro atoms. The Balaban J connectivity index is 1.66. The van der Waals surface area contributed by atoms with Gasteiger partial charge in [-0.25, -0.2) is 4.98 Å². The topological polar surface area (TPSA) is 59.1 Å². The molecular weight excluding hydrogens is 332 g/mol. The summed E-state index contributed by atoms with van der Waals surface area (Å²) in [7, 11) is 1.59. The van der Waals surface area contributed by atoms with Gasteiger partial charge in [0, 0.05) is 23.7 Å². The number of methoxy groups -OCH3 is 1. The van der Waals surface area contributed by atoms with E-state index in [0.29, 0.717) is 16.9 Å². The van der Waals surface area contributed by atoms with Crippen molar-refractivity contribution in [3.05, 3.63) is 47.7 Å². The molecule has 0 amide bonds. The van der Waals surface area contributed by atoms with Crippen LogP contribution in [0.5, 0.6) is 5.88 Å². The van der Waals surface area contributed by atoms with Gasteiger partial charge in [-0.15, -0.1) is 0 Å². The molecule has 3 rings (SSSR count). The number of nitrogens with one attached hydrogen (secondary N) is 2. The summed E-state index contributed by atoms with van der Waals surface area (Å²) in [5.74, 6) is 0.976. The predicted molar refractivity (Wildman–Crippen MR) is 104 cm³/mol. The van der Waals surface area contributed by atoms with E-state index in [1.165, 1.54) is 31.2 Å². The lowest BCUT2D eigenvalue weighted by Crippen LogP contribution is -2.41. The van der Waals surface area contributed by atoms with E-state index >= 15 is 0 Å². The van der Waals surface area contributed by atoms with Crippen LogP contribution in [0.4, 0.5) is 5.95 Å². The minimum absolute atomic E-state index is 0.151. The largest absolute Gasteiger partial charge is 0.481 e. The third kappa shape index (κ3) is 4.25. The normalized spacial score (nSPS) is 15.6. The molecule has 2 aromatic rings. The highest BCUT2D eigenvalue weighted by Gasteiger charge is 2.35. The number of benzene rings is 1. The third-order valence-corrected chi connectivity index (χ3v) is 5.05. The molecule has 0 atom stereocenters. The number of hydrogen-bond donors (Lipinski definition) is 2. The summed E-state index contributed by atoms with van der Waals surface area (Å²) in [6.45, 7) is 2.71.